The molecule has 5 nitrogen and oxygen atoms in total. The van der Waals surface area contributed by atoms with Crippen LogP contribution in [0.3, 0.4) is 0 Å². The first kappa shape index (κ1) is 15.1. The van der Waals surface area contributed by atoms with Gasteiger partial charge in [0.1, 0.15) is 0 Å². The zero-order valence-electron chi connectivity index (χ0n) is 12.8. The highest BCUT2D eigenvalue weighted by atomic mass is 16.5. The van der Waals surface area contributed by atoms with Gasteiger partial charge in [0.25, 0.3) is 0 Å². The molecule has 3 N–H and O–H groups in total. The topological polar surface area (TPSA) is 74.4 Å². The fourth-order valence-electron chi connectivity index (χ4n) is 3.02. The van der Waals surface area contributed by atoms with Crippen LogP contribution in [0.25, 0.3) is 10.9 Å². The van der Waals surface area contributed by atoms with Crippen LogP contribution >= 0.6 is 0 Å². The standard InChI is InChI=1S/C17H22N2O3/c1-12-3-2-4-14-16(12)13(10-18-14)9-15(20)19-11-17(21)5-7-22-8-6-17/h2-4,10,18,21H,5-9,11H2,1H3,(H,19,20). The van der Waals surface area contributed by atoms with Crippen LogP contribution in [0.1, 0.15) is 24.0 Å². The number of rotatable bonds is 4. The molecule has 0 atom stereocenters. The molecule has 0 saturated carbocycles. The van der Waals surface area contributed by atoms with E-state index in [9.17, 15) is 9.90 Å². The summed E-state index contributed by atoms with van der Waals surface area (Å²) in [6.45, 7) is 3.43. The molecule has 1 aromatic heterocycles. The van der Waals surface area contributed by atoms with Gasteiger partial charge in [0.2, 0.25) is 5.91 Å². The predicted octanol–water partition coefficient (Wildman–Crippen LogP) is 1.68. The highest BCUT2D eigenvalue weighted by Crippen LogP contribution is 2.23. The van der Waals surface area contributed by atoms with Gasteiger partial charge in [0.05, 0.1) is 12.0 Å². The van der Waals surface area contributed by atoms with Gasteiger partial charge in [-0.25, -0.2) is 0 Å². The Bertz CT molecular complexity index is 672. The molecule has 0 spiro atoms. The summed E-state index contributed by atoms with van der Waals surface area (Å²) in [4.78, 5) is 15.4. The van der Waals surface area contributed by atoms with Gasteiger partial charge >= 0.3 is 0 Å². The average molecular weight is 302 g/mol. The number of hydrogen-bond donors (Lipinski definition) is 3. The molecule has 22 heavy (non-hydrogen) atoms. The van der Waals surface area contributed by atoms with Gasteiger partial charge in [-0.3, -0.25) is 4.79 Å². The number of ether oxygens (including phenoxy) is 1. The smallest absolute Gasteiger partial charge is 0.224 e. The summed E-state index contributed by atoms with van der Waals surface area (Å²) < 4.78 is 5.24. The number of nitrogens with one attached hydrogen (secondary N) is 2. The van der Waals surface area contributed by atoms with E-state index in [0.717, 1.165) is 22.0 Å². The number of carbonyl (C=O) groups excluding carboxylic acids is 1. The minimum atomic E-state index is -0.829. The zero-order chi connectivity index (χ0) is 15.6. The molecule has 5 heteroatoms. The maximum atomic E-state index is 12.2. The molecule has 0 bridgehead atoms. The number of aromatic amines is 1. The first-order valence-corrected chi connectivity index (χ1v) is 7.70. The van der Waals surface area contributed by atoms with E-state index in [-0.39, 0.29) is 12.5 Å². The van der Waals surface area contributed by atoms with E-state index >= 15 is 0 Å². The number of carbonyl (C=O) groups is 1. The Morgan fingerprint density at radius 3 is 2.95 bits per heavy atom. The second-order valence-electron chi connectivity index (χ2n) is 6.10. The Hall–Kier alpha value is -1.85. The van der Waals surface area contributed by atoms with E-state index in [2.05, 4.69) is 10.3 Å². The molecule has 1 fully saturated rings. The van der Waals surface area contributed by atoms with Crippen molar-refractivity contribution in [3.8, 4) is 0 Å². The fraction of sp³-hybridized carbons (Fsp3) is 0.471. The summed E-state index contributed by atoms with van der Waals surface area (Å²) in [5.74, 6) is -0.0657. The molecular formula is C17H22N2O3. The normalized spacial score (nSPS) is 17.5. The number of amides is 1. The van der Waals surface area contributed by atoms with Gasteiger partial charge < -0.3 is 20.1 Å². The van der Waals surface area contributed by atoms with Crippen molar-refractivity contribution in [1.29, 1.82) is 0 Å². The van der Waals surface area contributed by atoms with Crippen molar-refractivity contribution < 1.29 is 14.6 Å². The molecule has 1 amide bonds. The molecule has 118 valence electrons. The minimum Gasteiger partial charge on any atom is -0.388 e. The van der Waals surface area contributed by atoms with Crippen LogP contribution < -0.4 is 5.32 Å². The lowest BCUT2D eigenvalue weighted by atomic mass is 9.94. The Morgan fingerprint density at radius 2 is 2.18 bits per heavy atom. The van der Waals surface area contributed by atoms with Crippen molar-refractivity contribution in [3.63, 3.8) is 0 Å². The predicted molar refractivity (Wildman–Crippen MR) is 84.8 cm³/mol. The van der Waals surface area contributed by atoms with E-state index in [1.807, 2.05) is 31.3 Å². The molecule has 0 aliphatic carbocycles. The van der Waals surface area contributed by atoms with Crippen molar-refractivity contribution in [3.05, 3.63) is 35.5 Å². The van der Waals surface area contributed by atoms with E-state index < -0.39 is 5.60 Å². The first-order chi connectivity index (χ1) is 10.6. The lowest BCUT2D eigenvalue weighted by Gasteiger charge is -2.32. The molecule has 1 saturated heterocycles. The summed E-state index contributed by atoms with van der Waals surface area (Å²) in [5.41, 5.74) is 2.37. The molecule has 0 unspecified atom stereocenters. The van der Waals surface area contributed by atoms with Gasteiger partial charge in [0.15, 0.2) is 0 Å². The van der Waals surface area contributed by atoms with E-state index in [4.69, 9.17) is 4.74 Å². The molecule has 0 radical (unpaired) electrons. The van der Waals surface area contributed by atoms with E-state index in [1.165, 1.54) is 0 Å². The SMILES string of the molecule is Cc1cccc2[nH]cc(CC(=O)NCC3(O)CCOCC3)c12. The van der Waals surface area contributed by atoms with Crippen molar-refractivity contribution >= 4 is 16.8 Å². The molecule has 2 heterocycles. The maximum Gasteiger partial charge on any atom is 0.224 e. The highest BCUT2D eigenvalue weighted by molar-refractivity contribution is 5.91. The Kier molecular flexibility index (Phi) is 4.18. The maximum absolute atomic E-state index is 12.2. The van der Waals surface area contributed by atoms with Crippen molar-refractivity contribution in [2.75, 3.05) is 19.8 Å². The van der Waals surface area contributed by atoms with Crippen LogP contribution in [0.15, 0.2) is 24.4 Å². The lowest BCUT2D eigenvalue weighted by molar-refractivity contribution is -0.123. The van der Waals surface area contributed by atoms with Crippen LogP contribution in [0.5, 0.6) is 0 Å². The highest BCUT2D eigenvalue weighted by Gasteiger charge is 2.30. The van der Waals surface area contributed by atoms with Gasteiger partial charge in [-0.2, -0.15) is 0 Å². The van der Waals surface area contributed by atoms with Crippen LogP contribution in [0.2, 0.25) is 0 Å². The third kappa shape index (κ3) is 3.15. The molecule has 1 aromatic carbocycles. The third-order valence-corrected chi connectivity index (χ3v) is 4.38. The van der Waals surface area contributed by atoms with E-state index in [1.54, 1.807) is 0 Å². The van der Waals surface area contributed by atoms with Gasteiger partial charge in [-0.15, -0.1) is 0 Å². The quantitative estimate of drug-likeness (QED) is 0.804. The van der Waals surface area contributed by atoms with Crippen LogP contribution in [0, 0.1) is 6.92 Å². The van der Waals surface area contributed by atoms with Crippen molar-refractivity contribution in [1.82, 2.24) is 10.3 Å². The van der Waals surface area contributed by atoms with Crippen molar-refractivity contribution in [2.45, 2.75) is 31.8 Å². The number of hydrogen-bond acceptors (Lipinski definition) is 3. The Labute approximate surface area is 129 Å². The minimum absolute atomic E-state index is 0.0657. The van der Waals surface area contributed by atoms with Crippen molar-refractivity contribution in [2.24, 2.45) is 0 Å². The van der Waals surface area contributed by atoms with Gasteiger partial charge in [-0.05, 0) is 24.1 Å². The van der Waals surface area contributed by atoms with Crippen LogP contribution in [-0.4, -0.2) is 41.4 Å². The second-order valence-corrected chi connectivity index (χ2v) is 6.10. The van der Waals surface area contributed by atoms with Crippen LogP contribution in [-0.2, 0) is 16.0 Å². The third-order valence-electron chi connectivity index (χ3n) is 4.38. The summed E-state index contributed by atoms with van der Waals surface area (Å²) in [5, 5.41) is 14.3. The number of fused-ring (bicyclic) bond motifs is 1. The Balaban J connectivity index is 1.64. The number of aromatic nitrogens is 1. The number of benzene rings is 1. The molecule has 3 rings (SSSR count). The molecule has 1 aliphatic rings. The average Bonchev–Trinajstić information content (AvgIpc) is 2.91. The largest absolute Gasteiger partial charge is 0.388 e. The van der Waals surface area contributed by atoms with Crippen LogP contribution in [0.4, 0.5) is 0 Å². The lowest BCUT2D eigenvalue weighted by Crippen LogP contribution is -2.46. The zero-order valence-corrected chi connectivity index (χ0v) is 12.8. The summed E-state index contributed by atoms with van der Waals surface area (Å²) >= 11 is 0. The number of aliphatic hydroxyl groups is 1. The summed E-state index contributed by atoms with van der Waals surface area (Å²) in [6.07, 6.45) is 3.34. The molecular weight excluding hydrogens is 280 g/mol. The fourth-order valence-corrected chi connectivity index (χ4v) is 3.02. The van der Waals surface area contributed by atoms with Gasteiger partial charge in [-0.1, -0.05) is 12.1 Å². The second kappa shape index (κ2) is 6.10. The number of aryl methyl sites for hydroxylation is 1. The first-order valence-electron chi connectivity index (χ1n) is 7.70. The molecule has 2 aromatic rings. The summed E-state index contributed by atoms with van der Waals surface area (Å²) in [6, 6.07) is 6.05. The van der Waals surface area contributed by atoms with Gasteiger partial charge in [0, 0.05) is 49.7 Å². The monoisotopic (exact) mass is 302 g/mol. The Morgan fingerprint density at radius 1 is 1.41 bits per heavy atom. The van der Waals surface area contributed by atoms with E-state index in [0.29, 0.717) is 32.5 Å². The summed E-state index contributed by atoms with van der Waals surface area (Å²) in [7, 11) is 0. The number of H-pyrrole nitrogens is 1. The molecule has 1 aliphatic heterocycles.